The molecule has 17 heavy (non-hydrogen) atoms. The molecule has 1 saturated heterocycles. The first kappa shape index (κ1) is 11.2. The van der Waals surface area contributed by atoms with Gasteiger partial charge in [0.05, 0.1) is 25.9 Å². The van der Waals surface area contributed by atoms with Gasteiger partial charge in [-0.2, -0.15) is 0 Å². The Bertz CT molecular complexity index is 342. The molecule has 0 amide bonds. The van der Waals surface area contributed by atoms with Gasteiger partial charge in [0.1, 0.15) is 6.10 Å². The Morgan fingerprint density at radius 2 is 2.24 bits per heavy atom. The minimum absolute atomic E-state index is 0.0250. The average Bonchev–Trinajstić information content (AvgIpc) is 2.41. The molecule has 3 nitrogen and oxygen atoms in total. The van der Waals surface area contributed by atoms with Crippen molar-refractivity contribution < 1.29 is 16.0 Å². The molecule has 0 saturated carbocycles. The molecule has 2 rings (SSSR count). The van der Waals surface area contributed by atoms with Crippen LogP contribution in [-0.2, 0) is 16.1 Å². The zero-order valence-corrected chi connectivity index (χ0v) is 9.92. The molecular weight excluding hydrogens is 216 g/mol. The summed E-state index contributed by atoms with van der Waals surface area (Å²) in [6.45, 7) is 1.77. The van der Waals surface area contributed by atoms with E-state index >= 15 is 0 Å². The molecule has 0 radical (unpaired) electrons. The fourth-order valence-electron chi connectivity index (χ4n) is 2.01. The van der Waals surface area contributed by atoms with Crippen molar-refractivity contribution in [3.63, 3.8) is 0 Å². The van der Waals surface area contributed by atoms with E-state index in [9.17, 15) is 5.11 Å². The second-order valence-corrected chi connectivity index (χ2v) is 4.41. The van der Waals surface area contributed by atoms with Gasteiger partial charge in [0.2, 0.25) is 0 Å². The van der Waals surface area contributed by atoms with Gasteiger partial charge in [-0.15, -0.1) is 0 Å². The zero-order chi connectivity index (χ0) is 12.8. The van der Waals surface area contributed by atoms with E-state index in [-0.39, 0.29) is 12.0 Å². The predicted molar refractivity (Wildman–Crippen MR) is 65.6 cm³/mol. The molecule has 1 heterocycles. The number of benzene rings is 1. The van der Waals surface area contributed by atoms with Gasteiger partial charge in [0.25, 0.3) is 0 Å². The summed E-state index contributed by atoms with van der Waals surface area (Å²) in [5.41, 5.74) is 1.09. The topological polar surface area (TPSA) is 38.7 Å². The number of hydrogen-bond donors (Lipinski definition) is 1. The molecule has 1 aliphatic heterocycles. The predicted octanol–water partition coefficient (Wildman–Crippen LogP) is 1.99. The van der Waals surface area contributed by atoms with Crippen LogP contribution in [-0.4, -0.2) is 30.5 Å². The fourth-order valence-corrected chi connectivity index (χ4v) is 2.01. The molecule has 0 unspecified atom stereocenters. The molecule has 1 aromatic rings. The molecule has 0 bridgehead atoms. The number of aliphatic hydroxyl groups is 1. The molecule has 1 aromatic carbocycles. The lowest BCUT2D eigenvalue weighted by Gasteiger charge is -2.34. The smallest absolute Gasteiger partial charge is 0.107 e. The van der Waals surface area contributed by atoms with Crippen LogP contribution in [0.1, 0.15) is 20.3 Å². The van der Waals surface area contributed by atoms with Crippen LogP contribution >= 0.6 is 0 Å². The van der Waals surface area contributed by atoms with Gasteiger partial charge in [-0.3, -0.25) is 0 Å². The number of rotatable bonds is 4. The monoisotopic (exact) mass is 237 g/mol. The molecule has 0 aromatic heterocycles. The maximum atomic E-state index is 10.1. The summed E-state index contributed by atoms with van der Waals surface area (Å²) in [5.74, 6) is 0.0250. The van der Waals surface area contributed by atoms with Crippen LogP contribution in [0.3, 0.4) is 0 Å². The van der Waals surface area contributed by atoms with Crippen LogP contribution in [0.4, 0.5) is 0 Å². The third-order valence-corrected chi connectivity index (χ3v) is 3.16. The van der Waals surface area contributed by atoms with Crippen LogP contribution in [0.2, 0.25) is 0 Å². The lowest BCUT2D eigenvalue weighted by molar-refractivity contribution is -0.150. The molecule has 0 spiro atoms. The summed E-state index contributed by atoms with van der Waals surface area (Å²) in [6.07, 6.45) is -0.143. The van der Waals surface area contributed by atoms with Crippen LogP contribution in [0.15, 0.2) is 30.3 Å². The first-order valence-corrected chi connectivity index (χ1v) is 6.02. The van der Waals surface area contributed by atoms with Gasteiger partial charge in [-0.05, 0) is 12.0 Å². The van der Waals surface area contributed by atoms with Gasteiger partial charge < -0.3 is 14.6 Å². The van der Waals surface area contributed by atoms with E-state index in [4.69, 9.17) is 10.8 Å². The quantitative estimate of drug-likeness (QED) is 0.870. The second-order valence-electron chi connectivity index (χ2n) is 4.41. The normalized spacial score (nSPS) is 29.9. The van der Waals surface area contributed by atoms with E-state index in [0.717, 1.165) is 5.56 Å². The number of hydrogen-bond acceptors (Lipinski definition) is 3. The lowest BCUT2D eigenvalue weighted by atomic mass is 9.94. The van der Waals surface area contributed by atoms with Gasteiger partial charge >= 0.3 is 0 Å². The highest BCUT2D eigenvalue weighted by Crippen LogP contribution is 2.21. The summed E-state index contributed by atoms with van der Waals surface area (Å²) in [7, 11) is 0. The zero-order valence-electron chi connectivity index (χ0n) is 10.9. The summed E-state index contributed by atoms with van der Waals surface area (Å²) in [4.78, 5) is 0. The van der Waals surface area contributed by atoms with Crippen molar-refractivity contribution in [1.29, 1.82) is 0 Å². The highest BCUT2D eigenvalue weighted by Gasteiger charge is 2.32. The molecule has 1 aliphatic rings. The van der Waals surface area contributed by atoms with Crippen molar-refractivity contribution in [3.05, 3.63) is 35.9 Å². The second kappa shape index (κ2) is 6.15. The molecule has 3 heteroatoms. The van der Waals surface area contributed by atoms with Crippen molar-refractivity contribution in [2.45, 2.75) is 32.1 Å². The SMILES string of the molecule is [2H]CC[C@@H]1COC[C@H](OCc2ccccc2)[C@@H]1O. The van der Waals surface area contributed by atoms with Gasteiger partial charge in [-0.1, -0.05) is 37.2 Å². The Hall–Kier alpha value is -0.900. The minimum atomic E-state index is -0.521. The van der Waals surface area contributed by atoms with E-state index in [0.29, 0.717) is 33.1 Å². The molecule has 94 valence electrons. The van der Waals surface area contributed by atoms with Crippen molar-refractivity contribution in [1.82, 2.24) is 0 Å². The number of aliphatic hydroxyl groups excluding tert-OH is 1. The Labute approximate surface area is 104 Å². The standard InChI is InChI=1S/C14H20O3/c1-2-12-9-16-10-13(14(12)15)17-8-11-6-4-3-5-7-11/h3-7,12-15H,2,8-10H2,1H3/t12-,13+,14-/m1/s1/i1D. The van der Waals surface area contributed by atoms with Gasteiger partial charge in [-0.25, -0.2) is 0 Å². The van der Waals surface area contributed by atoms with E-state index in [2.05, 4.69) is 0 Å². The third-order valence-electron chi connectivity index (χ3n) is 3.16. The number of ether oxygens (including phenoxy) is 2. The highest BCUT2D eigenvalue weighted by atomic mass is 16.5. The molecule has 1 N–H and O–H groups in total. The van der Waals surface area contributed by atoms with E-state index in [1.807, 2.05) is 30.3 Å². The Balaban J connectivity index is 1.85. The van der Waals surface area contributed by atoms with Crippen LogP contribution in [0, 0.1) is 5.92 Å². The lowest BCUT2D eigenvalue weighted by Crippen LogP contribution is -2.45. The molecule has 1 fully saturated rings. The molecular formula is C14H20O3. The Morgan fingerprint density at radius 1 is 1.41 bits per heavy atom. The fraction of sp³-hybridized carbons (Fsp3) is 0.571. The van der Waals surface area contributed by atoms with Crippen LogP contribution in [0.5, 0.6) is 0 Å². The summed E-state index contributed by atoms with van der Waals surface area (Å²) < 4.78 is 18.4. The average molecular weight is 237 g/mol. The van der Waals surface area contributed by atoms with Crippen molar-refractivity contribution in [3.8, 4) is 0 Å². The van der Waals surface area contributed by atoms with E-state index in [1.165, 1.54) is 0 Å². The summed E-state index contributed by atoms with van der Waals surface area (Å²) in [6, 6.07) is 9.89. The molecule has 0 aliphatic carbocycles. The highest BCUT2D eigenvalue weighted by molar-refractivity contribution is 5.13. The Morgan fingerprint density at radius 3 is 3.00 bits per heavy atom. The largest absolute Gasteiger partial charge is 0.390 e. The first-order chi connectivity index (χ1) is 8.81. The third kappa shape index (κ3) is 3.28. The van der Waals surface area contributed by atoms with Gasteiger partial charge in [0.15, 0.2) is 0 Å². The van der Waals surface area contributed by atoms with Crippen molar-refractivity contribution in [2.24, 2.45) is 5.92 Å². The van der Waals surface area contributed by atoms with Crippen molar-refractivity contribution >= 4 is 0 Å². The van der Waals surface area contributed by atoms with Gasteiger partial charge in [0, 0.05) is 7.29 Å². The first-order valence-electron chi connectivity index (χ1n) is 6.72. The minimum Gasteiger partial charge on any atom is -0.390 e. The Kier molecular flexibility index (Phi) is 4.05. The maximum absolute atomic E-state index is 10.1. The van der Waals surface area contributed by atoms with Crippen LogP contribution in [0.25, 0.3) is 0 Å². The summed E-state index contributed by atoms with van der Waals surface area (Å²) in [5, 5.41) is 10.1. The van der Waals surface area contributed by atoms with E-state index in [1.54, 1.807) is 0 Å². The van der Waals surface area contributed by atoms with Crippen molar-refractivity contribution in [2.75, 3.05) is 13.2 Å². The van der Waals surface area contributed by atoms with E-state index < -0.39 is 6.10 Å². The summed E-state index contributed by atoms with van der Waals surface area (Å²) >= 11 is 0. The van der Waals surface area contributed by atoms with Crippen LogP contribution < -0.4 is 0 Å². The molecule has 3 atom stereocenters. The maximum Gasteiger partial charge on any atom is 0.107 e.